The number of nitrogens with zero attached hydrogens (tertiary/aromatic N) is 1. The van der Waals surface area contributed by atoms with Crippen LogP contribution in [0.5, 0.6) is 0 Å². The van der Waals surface area contributed by atoms with Crippen LogP contribution in [-0.2, 0) is 11.3 Å². The maximum atomic E-state index is 11.6. The van der Waals surface area contributed by atoms with E-state index >= 15 is 0 Å². The monoisotopic (exact) mass is 314 g/mol. The van der Waals surface area contributed by atoms with Crippen molar-refractivity contribution in [2.75, 3.05) is 13.7 Å². The predicted molar refractivity (Wildman–Crippen MR) is 93.6 cm³/mol. The average molecular weight is 314 g/mol. The van der Waals surface area contributed by atoms with Crippen molar-refractivity contribution in [2.24, 2.45) is 0 Å². The molecule has 0 amide bonds. The summed E-state index contributed by atoms with van der Waals surface area (Å²) in [5.41, 5.74) is 1.25. The highest BCUT2D eigenvalue weighted by Gasteiger charge is 2.17. The summed E-state index contributed by atoms with van der Waals surface area (Å²) in [5, 5.41) is 3.52. The Morgan fingerprint density at radius 3 is 2.52 bits per heavy atom. The molecule has 4 heteroatoms. The molecular formula is C19H26N2O2. The molecule has 0 bridgehead atoms. The number of aromatic nitrogens is 1. The van der Waals surface area contributed by atoms with Crippen molar-refractivity contribution < 1.29 is 4.74 Å². The molecule has 0 radical (unpaired) electrons. The number of rotatable bonds is 9. The average Bonchev–Trinajstić information content (AvgIpc) is 2.58. The number of aryl methyl sites for hydroxylation is 1. The Bertz CT molecular complexity index is 625. The fourth-order valence-corrected chi connectivity index (χ4v) is 2.76. The molecule has 2 aromatic rings. The van der Waals surface area contributed by atoms with Crippen molar-refractivity contribution in [3.05, 3.63) is 70.6 Å². The standard InChI is InChI=1S/C19H26N2O2/c1-16(19(23-2)17-10-4-3-5-11-17)20-13-7-9-15-21-14-8-6-12-18(21)22/h3-6,8,10-12,14,16,19-20H,7,9,13,15H2,1-2H3/t16-,19-/m0/s1. The third-order valence-corrected chi connectivity index (χ3v) is 4.03. The fourth-order valence-electron chi connectivity index (χ4n) is 2.76. The van der Waals surface area contributed by atoms with Crippen molar-refractivity contribution in [3.63, 3.8) is 0 Å². The number of hydrogen-bond donors (Lipinski definition) is 1. The van der Waals surface area contributed by atoms with Crippen LogP contribution in [0.4, 0.5) is 0 Å². The van der Waals surface area contributed by atoms with Crippen LogP contribution in [0.2, 0.25) is 0 Å². The molecule has 2 rings (SSSR count). The van der Waals surface area contributed by atoms with Crippen LogP contribution in [0.3, 0.4) is 0 Å². The Labute approximate surface area is 138 Å². The lowest BCUT2D eigenvalue weighted by atomic mass is 10.0. The number of ether oxygens (including phenoxy) is 1. The first-order valence-electron chi connectivity index (χ1n) is 8.19. The van der Waals surface area contributed by atoms with E-state index in [2.05, 4.69) is 24.4 Å². The molecule has 0 saturated carbocycles. The van der Waals surface area contributed by atoms with Gasteiger partial charge in [-0.05, 0) is 37.9 Å². The molecule has 0 aliphatic rings. The third-order valence-electron chi connectivity index (χ3n) is 4.03. The highest BCUT2D eigenvalue weighted by atomic mass is 16.5. The van der Waals surface area contributed by atoms with E-state index in [4.69, 9.17) is 4.74 Å². The zero-order valence-electron chi connectivity index (χ0n) is 13.9. The van der Waals surface area contributed by atoms with Gasteiger partial charge in [-0.15, -0.1) is 0 Å². The Morgan fingerprint density at radius 2 is 1.83 bits per heavy atom. The molecule has 124 valence electrons. The molecule has 23 heavy (non-hydrogen) atoms. The predicted octanol–water partition coefficient (Wildman–Crippen LogP) is 2.99. The first-order valence-corrected chi connectivity index (χ1v) is 8.19. The van der Waals surface area contributed by atoms with Crippen LogP contribution in [0, 0.1) is 0 Å². The zero-order valence-corrected chi connectivity index (χ0v) is 13.9. The van der Waals surface area contributed by atoms with E-state index < -0.39 is 0 Å². The van der Waals surface area contributed by atoms with Crippen LogP contribution < -0.4 is 10.9 Å². The lowest BCUT2D eigenvalue weighted by molar-refractivity contribution is 0.0734. The summed E-state index contributed by atoms with van der Waals surface area (Å²) < 4.78 is 7.39. The molecule has 4 nitrogen and oxygen atoms in total. The van der Waals surface area contributed by atoms with Gasteiger partial charge in [-0.3, -0.25) is 4.79 Å². The summed E-state index contributed by atoms with van der Waals surface area (Å²) in [6.45, 7) is 3.82. The van der Waals surface area contributed by atoms with E-state index in [0.717, 1.165) is 25.9 Å². The first kappa shape index (κ1) is 17.4. The van der Waals surface area contributed by atoms with Gasteiger partial charge in [0, 0.05) is 32.0 Å². The molecule has 1 N–H and O–H groups in total. The molecular weight excluding hydrogens is 288 g/mol. The van der Waals surface area contributed by atoms with Gasteiger partial charge in [0.25, 0.3) is 0 Å². The molecule has 0 saturated heterocycles. The van der Waals surface area contributed by atoms with E-state index in [1.165, 1.54) is 5.56 Å². The molecule has 1 aromatic heterocycles. The highest BCUT2D eigenvalue weighted by Crippen LogP contribution is 2.20. The number of pyridine rings is 1. The summed E-state index contributed by atoms with van der Waals surface area (Å²) in [7, 11) is 1.75. The minimum absolute atomic E-state index is 0.0490. The summed E-state index contributed by atoms with van der Waals surface area (Å²) in [6.07, 6.45) is 3.89. The zero-order chi connectivity index (χ0) is 16.5. The largest absolute Gasteiger partial charge is 0.375 e. The van der Waals surface area contributed by atoms with Gasteiger partial charge in [0.05, 0.1) is 6.10 Å². The van der Waals surface area contributed by atoms with Gasteiger partial charge in [-0.1, -0.05) is 36.4 Å². The third kappa shape index (κ3) is 5.34. The van der Waals surface area contributed by atoms with E-state index in [-0.39, 0.29) is 17.7 Å². The molecule has 0 fully saturated rings. The normalized spacial score (nSPS) is 13.7. The SMILES string of the molecule is CO[C@H](c1ccccc1)[C@H](C)NCCCCn1ccccc1=O. The smallest absolute Gasteiger partial charge is 0.250 e. The van der Waals surface area contributed by atoms with E-state index in [9.17, 15) is 4.79 Å². The van der Waals surface area contributed by atoms with Crippen molar-refractivity contribution in [1.82, 2.24) is 9.88 Å². The van der Waals surface area contributed by atoms with Crippen LogP contribution >= 0.6 is 0 Å². The second-order valence-electron chi connectivity index (χ2n) is 5.75. The molecule has 0 aliphatic heterocycles. The number of methoxy groups -OCH3 is 1. The first-order chi connectivity index (χ1) is 11.2. The number of nitrogens with one attached hydrogen (secondary N) is 1. The van der Waals surface area contributed by atoms with Gasteiger partial charge < -0.3 is 14.6 Å². The summed E-state index contributed by atoms with van der Waals surface area (Å²) in [6, 6.07) is 15.8. The maximum Gasteiger partial charge on any atom is 0.250 e. The quantitative estimate of drug-likeness (QED) is 0.724. The van der Waals surface area contributed by atoms with Crippen LogP contribution in [0.1, 0.15) is 31.4 Å². The Hall–Kier alpha value is -1.91. The number of unbranched alkanes of at least 4 members (excludes halogenated alkanes) is 1. The Morgan fingerprint density at radius 1 is 1.09 bits per heavy atom. The van der Waals surface area contributed by atoms with Crippen molar-refractivity contribution in [1.29, 1.82) is 0 Å². The van der Waals surface area contributed by atoms with E-state index in [0.29, 0.717) is 0 Å². The van der Waals surface area contributed by atoms with Crippen molar-refractivity contribution in [2.45, 2.75) is 38.5 Å². The van der Waals surface area contributed by atoms with E-state index in [1.807, 2.05) is 30.5 Å². The van der Waals surface area contributed by atoms with E-state index in [1.54, 1.807) is 23.8 Å². The summed E-state index contributed by atoms with van der Waals surface area (Å²) in [4.78, 5) is 11.6. The van der Waals surface area contributed by atoms with Crippen LogP contribution in [0.15, 0.2) is 59.5 Å². The van der Waals surface area contributed by atoms with Gasteiger partial charge in [-0.2, -0.15) is 0 Å². The van der Waals surface area contributed by atoms with Crippen molar-refractivity contribution in [3.8, 4) is 0 Å². The van der Waals surface area contributed by atoms with Gasteiger partial charge in [-0.25, -0.2) is 0 Å². The molecule has 0 unspecified atom stereocenters. The lowest BCUT2D eigenvalue weighted by Gasteiger charge is -2.24. The topological polar surface area (TPSA) is 43.3 Å². The van der Waals surface area contributed by atoms with Crippen molar-refractivity contribution >= 4 is 0 Å². The number of benzene rings is 1. The number of hydrogen-bond acceptors (Lipinski definition) is 3. The fraction of sp³-hybridized carbons (Fsp3) is 0.421. The minimum Gasteiger partial charge on any atom is -0.375 e. The van der Waals surface area contributed by atoms with Gasteiger partial charge in [0.1, 0.15) is 0 Å². The van der Waals surface area contributed by atoms with Gasteiger partial charge >= 0.3 is 0 Å². The molecule has 0 aliphatic carbocycles. The molecule has 1 heterocycles. The molecule has 0 spiro atoms. The van der Waals surface area contributed by atoms with Crippen LogP contribution in [-0.4, -0.2) is 24.3 Å². The second-order valence-corrected chi connectivity index (χ2v) is 5.75. The van der Waals surface area contributed by atoms with Gasteiger partial charge in [0.2, 0.25) is 5.56 Å². The summed E-state index contributed by atoms with van der Waals surface area (Å²) >= 11 is 0. The molecule has 2 atom stereocenters. The second kappa shape index (κ2) is 9.28. The van der Waals surface area contributed by atoms with Gasteiger partial charge in [0.15, 0.2) is 0 Å². The summed E-state index contributed by atoms with van der Waals surface area (Å²) in [5.74, 6) is 0. The Kier molecular flexibility index (Phi) is 7.04. The highest BCUT2D eigenvalue weighted by molar-refractivity contribution is 5.18. The maximum absolute atomic E-state index is 11.6. The van der Waals surface area contributed by atoms with Crippen LogP contribution in [0.25, 0.3) is 0 Å². The Balaban J connectivity index is 1.73. The molecule has 1 aromatic carbocycles. The minimum atomic E-state index is 0.0490. The lowest BCUT2D eigenvalue weighted by Crippen LogP contribution is -2.34.